The maximum Gasteiger partial charge on any atom is 0.305 e. The van der Waals surface area contributed by atoms with Crippen molar-refractivity contribution in [3.8, 4) is 0 Å². The van der Waals surface area contributed by atoms with E-state index in [4.69, 9.17) is 0 Å². The van der Waals surface area contributed by atoms with Gasteiger partial charge in [0.25, 0.3) is 0 Å². The fourth-order valence-electron chi connectivity index (χ4n) is 1.74. The van der Waals surface area contributed by atoms with Crippen molar-refractivity contribution < 1.29 is 23.1 Å². The van der Waals surface area contributed by atoms with Crippen molar-refractivity contribution in [3.05, 3.63) is 0 Å². The molecule has 0 saturated carbocycles. The van der Waals surface area contributed by atoms with Gasteiger partial charge in [-0.25, -0.2) is 8.42 Å². The van der Waals surface area contributed by atoms with Gasteiger partial charge in [-0.3, -0.25) is 4.79 Å². The van der Waals surface area contributed by atoms with Gasteiger partial charge in [-0.15, -0.1) is 0 Å². The summed E-state index contributed by atoms with van der Waals surface area (Å²) in [4.78, 5) is 10.9. The number of aliphatic hydroxyl groups excluding tert-OH is 1. The Morgan fingerprint density at radius 1 is 1.53 bits per heavy atom. The summed E-state index contributed by atoms with van der Waals surface area (Å²) in [6, 6.07) is 0. The molecule has 2 atom stereocenters. The summed E-state index contributed by atoms with van der Waals surface area (Å²) < 4.78 is 26.8. The lowest BCUT2D eigenvalue weighted by molar-refractivity contribution is -0.141. The molecule has 1 N–H and O–H groups in total. The van der Waals surface area contributed by atoms with Gasteiger partial charge in [-0.1, -0.05) is 0 Å². The zero-order valence-electron chi connectivity index (χ0n) is 8.68. The van der Waals surface area contributed by atoms with Gasteiger partial charge in [0.2, 0.25) is 0 Å². The van der Waals surface area contributed by atoms with Gasteiger partial charge in [-0.05, 0) is 18.8 Å². The highest BCUT2D eigenvalue weighted by Crippen LogP contribution is 2.23. The van der Waals surface area contributed by atoms with Crippen molar-refractivity contribution in [2.75, 3.05) is 18.6 Å². The van der Waals surface area contributed by atoms with Gasteiger partial charge in [-0.2, -0.15) is 0 Å². The second-order valence-corrected chi connectivity index (χ2v) is 6.07. The number of sulfone groups is 1. The number of ether oxygens (including phenoxy) is 1. The molecule has 1 aliphatic rings. The van der Waals surface area contributed by atoms with Crippen LogP contribution in [0.1, 0.15) is 19.3 Å². The lowest BCUT2D eigenvalue weighted by Crippen LogP contribution is -2.37. The van der Waals surface area contributed by atoms with Crippen LogP contribution in [0.25, 0.3) is 0 Å². The topological polar surface area (TPSA) is 80.7 Å². The number of hydrogen-bond donors (Lipinski definition) is 1. The Bertz CT molecular complexity index is 321. The Balaban J connectivity index is 2.42. The van der Waals surface area contributed by atoms with Crippen LogP contribution in [0.15, 0.2) is 0 Å². The van der Waals surface area contributed by atoms with Gasteiger partial charge in [0.1, 0.15) is 0 Å². The van der Waals surface area contributed by atoms with Crippen LogP contribution in [0, 0.1) is 5.92 Å². The normalized spacial score (nSPS) is 29.7. The molecule has 0 aromatic rings. The van der Waals surface area contributed by atoms with E-state index in [1.807, 2.05) is 0 Å². The van der Waals surface area contributed by atoms with E-state index in [9.17, 15) is 18.3 Å². The average Bonchev–Trinajstić information content (AvgIpc) is 2.15. The van der Waals surface area contributed by atoms with E-state index in [0.29, 0.717) is 12.8 Å². The standard InChI is InChI=1S/C9H16O5S/c1-14-9(11)3-2-7-4-5-15(12,13)6-8(7)10/h7-8,10H,2-6H2,1H3/t7-,8-/m0/s1. The van der Waals surface area contributed by atoms with Crippen LogP contribution in [-0.4, -0.2) is 44.2 Å². The molecule has 1 saturated heterocycles. The summed E-state index contributed by atoms with van der Waals surface area (Å²) in [5.74, 6) is -0.502. The monoisotopic (exact) mass is 236 g/mol. The first-order valence-electron chi connectivity index (χ1n) is 4.90. The molecule has 88 valence electrons. The number of esters is 1. The van der Waals surface area contributed by atoms with E-state index >= 15 is 0 Å². The predicted molar refractivity (Wildman–Crippen MR) is 54.0 cm³/mol. The summed E-state index contributed by atoms with van der Waals surface area (Å²) in [6.07, 6.45) is 0.315. The molecule has 0 aromatic heterocycles. The fraction of sp³-hybridized carbons (Fsp3) is 0.889. The fourth-order valence-corrected chi connectivity index (χ4v) is 3.37. The molecule has 0 amide bonds. The Kier molecular flexibility index (Phi) is 4.10. The molecule has 1 heterocycles. The molecule has 1 aliphatic heterocycles. The van der Waals surface area contributed by atoms with Gasteiger partial charge in [0.05, 0.1) is 24.7 Å². The highest BCUT2D eigenvalue weighted by molar-refractivity contribution is 7.91. The van der Waals surface area contributed by atoms with E-state index in [1.54, 1.807) is 0 Å². The minimum absolute atomic E-state index is 0.104. The second-order valence-electron chi connectivity index (χ2n) is 3.85. The number of rotatable bonds is 3. The summed E-state index contributed by atoms with van der Waals surface area (Å²) in [7, 11) is -1.77. The number of methoxy groups -OCH3 is 1. The summed E-state index contributed by atoms with van der Waals surface area (Å²) in [5.41, 5.74) is 0. The quantitative estimate of drug-likeness (QED) is 0.682. The van der Waals surface area contributed by atoms with Crippen LogP contribution < -0.4 is 0 Å². The first kappa shape index (κ1) is 12.4. The predicted octanol–water partition coefficient (Wildman–Crippen LogP) is -0.265. The van der Waals surface area contributed by atoms with Gasteiger partial charge in [0, 0.05) is 6.42 Å². The average molecular weight is 236 g/mol. The number of aliphatic hydroxyl groups is 1. The van der Waals surface area contributed by atoms with Crippen LogP contribution in [0.5, 0.6) is 0 Å². The Labute approximate surface area is 89.3 Å². The molecular formula is C9H16O5S. The summed E-state index contributed by atoms with van der Waals surface area (Å²) in [6.45, 7) is 0. The van der Waals surface area contributed by atoms with Crippen molar-refractivity contribution in [3.63, 3.8) is 0 Å². The third-order valence-electron chi connectivity index (χ3n) is 2.72. The maximum absolute atomic E-state index is 11.1. The lowest BCUT2D eigenvalue weighted by Gasteiger charge is -2.27. The largest absolute Gasteiger partial charge is 0.469 e. The van der Waals surface area contributed by atoms with Crippen LogP contribution in [0.3, 0.4) is 0 Å². The van der Waals surface area contributed by atoms with E-state index < -0.39 is 15.9 Å². The van der Waals surface area contributed by atoms with Gasteiger partial charge < -0.3 is 9.84 Å². The lowest BCUT2D eigenvalue weighted by atomic mass is 9.94. The molecule has 0 aromatic carbocycles. The number of hydrogen-bond acceptors (Lipinski definition) is 5. The molecular weight excluding hydrogens is 220 g/mol. The minimum atomic E-state index is -3.08. The molecule has 5 nitrogen and oxygen atoms in total. The van der Waals surface area contributed by atoms with Crippen LogP contribution in [0.4, 0.5) is 0 Å². The van der Waals surface area contributed by atoms with Crippen LogP contribution in [0.2, 0.25) is 0 Å². The minimum Gasteiger partial charge on any atom is -0.469 e. The third kappa shape index (κ3) is 3.79. The van der Waals surface area contributed by atoms with E-state index in [0.717, 1.165) is 0 Å². The SMILES string of the molecule is COC(=O)CC[C@H]1CCS(=O)(=O)C[C@@H]1O. The van der Waals surface area contributed by atoms with Gasteiger partial charge >= 0.3 is 5.97 Å². The number of carbonyl (C=O) groups is 1. The summed E-state index contributed by atoms with van der Waals surface area (Å²) >= 11 is 0. The van der Waals surface area contributed by atoms with Crippen LogP contribution >= 0.6 is 0 Å². The van der Waals surface area contributed by atoms with Crippen molar-refractivity contribution in [2.24, 2.45) is 5.92 Å². The molecule has 6 heteroatoms. The Morgan fingerprint density at radius 3 is 2.73 bits per heavy atom. The highest BCUT2D eigenvalue weighted by Gasteiger charge is 2.31. The van der Waals surface area contributed by atoms with Gasteiger partial charge in [0.15, 0.2) is 9.84 Å². The Hall–Kier alpha value is -0.620. The molecule has 0 aliphatic carbocycles. The molecule has 1 fully saturated rings. The van der Waals surface area contributed by atoms with Crippen molar-refractivity contribution >= 4 is 15.8 Å². The van der Waals surface area contributed by atoms with Crippen molar-refractivity contribution in [2.45, 2.75) is 25.4 Å². The zero-order chi connectivity index (χ0) is 11.5. The molecule has 0 bridgehead atoms. The first-order valence-corrected chi connectivity index (χ1v) is 6.72. The van der Waals surface area contributed by atoms with Crippen molar-refractivity contribution in [1.82, 2.24) is 0 Å². The smallest absolute Gasteiger partial charge is 0.305 e. The van der Waals surface area contributed by atoms with Crippen LogP contribution in [-0.2, 0) is 19.4 Å². The van der Waals surface area contributed by atoms with E-state index in [-0.39, 0.29) is 29.8 Å². The molecule has 0 unspecified atom stereocenters. The number of carbonyl (C=O) groups excluding carboxylic acids is 1. The summed E-state index contributed by atoms with van der Waals surface area (Å²) in [5, 5.41) is 9.56. The molecule has 0 spiro atoms. The van der Waals surface area contributed by atoms with E-state index in [1.165, 1.54) is 7.11 Å². The van der Waals surface area contributed by atoms with Crippen molar-refractivity contribution in [1.29, 1.82) is 0 Å². The highest BCUT2D eigenvalue weighted by atomic mass is 32.2. The second kappa shape index (κ2) is 4.94. The molecule has 15 heavy (non-hydrogen) atoms. The third-order valence-corrected chi connectivity index (χ3v) is 4.42. The first-order chi connectivity index (χ1) is 6.94. The Morgan fingerprint density at radius 2 is 2.20 bits per heavy atom. The molecule has 1 rings (SSSR count). The van der Waals surface area contributed by atoms with E-state index in [2.05, 4.69) is 4.74 Å². The maximum atomic E-state index is 11.1. The zero-order valence-corrected chi connectivity index (χ0v) is 9.50. The molecule has 0 radical (unpaired) electrons.